The van der Waals surface area contributed by atoms with Crippen LogP contribution in [0.3, 0.4) is 0 Å². The number of methoxy groups -OCH3 is 2. The summed E-state index contributed by atoms with van der Waals surface area (Å²) in [5.74, 6) is 0.280. The van der Waals surface area contributed by atoms with Crippen LogP contribution in [-0.2, 0) is 11.3 Å². The minimum atomic E-state index is -0.440. The highest BCUT2D eigenvalue weighted by atomic mass is 16.5. The van der Waals surface area contributed by atoms with Gasteiger partial charge in [0.25, 0.3) is 0 Å². The third-order valence-corrected chi connectivity index (χ3v) is 4.73. The molecule has 2 aromatic rings. The van der Waals surface area contributed by atoms with E-state index in [1.54, 1.807) is 21.0 Å². The van der Waals surface area contributed by atoms with E-state index in [4.69, 9.17) is 9.47 Å². The predicted octanol–water partition coefficient (Wildman–Crippen LogP) is 3.13. The minimum absolute atomic E-state index is 0.0712. The lowest BCUT2D eigenvalue weighted by Gasteiger charge is -2.24. The molecule has 1 atom stereocenters. The van der Waals surface area contributed by atoms with Gasteiger partial charge in [0.1, 0.15) is 5.75 Å². The van der Waals surface area contributed by atoms with Gasteiger partial charge in [-0.05, 0) is 39.4 Å². The van der Waals surface area contributed by atoms with Crippen molar-refractivity contribution in [2.45, 2.75) is 33.4 Å². The fourth-order valence-corrected chi connectivity index (χ4v) is 3.05. The summed E-state index contributed by atoms with van der Waals surface area (Å²) in [6, 6.07) is 7.36. The van der Waals surface area contributed by atoms with Crippen LogP contribution in [0, 0.1) is 13.8 Å². The molecule has 1 aromatic heterocycles. The van der Waals surface area contributed by atoms with Crippen molar-refractivity contribution in [1.82, 2.24) is 9.88 Å². The Hall–Kier alpha value is -2.60. The second-order valence-corrected chi connectivity index (χ2v) is 6.38. The number of carbonyl (C=O) groups is 2. The number of likely N-dealkylation sites (N-methyl/N-ethyl adjacent to an activating group) is 1. The summed E-state index contributed by atoms with van der Waals surface area (Å²) in [5.41, 5.74) is 3.14. The molecule has 6 heteroatoms. The lowest BCUT2D eigenvalue weighted by molar-refractivity contribution is 0.0599. The van der Waals surface area contributed by atoms with E-state index in [2.05, 4.69) is 4.98 Å². The highest BCUT2D eigenvalue weighted by Crippen LogP contribution is 2.23. The molecule has 140 valence electrons. The predicted molar refractivity (Wildman–Crippen MR) is 99.9 cm³/mol. The van der Waals surface area contributed by atoms with Crippen LogP contribution in [0.25, 0.3) is 0 Å². The van der Waals surface area contributed by atoms with Crippen LogP contribution in [0.2, 0.25) is 0 Å². The first kappa shape index (κ1) is 19.7. The molecule has 0 radical (unpaired) electrons. The molecule has 2 rings (SSSR count). The number of H-pyrrole nitrogens is 1. The normalized spacial score (nSPS) is 12.1. The fraction of sp³-hybridized carbons (Fsp3) is 0.400. The Kier molecular flexibility index (Phi) is 6.21. The lowest BCUT2D eigenvalue weighted by atomic mass is 10.0. The summed E-state index contributed by atoms with van der Waals surface area (Å²) in [4.78, 5) is 29.9. The number of aryl methyl sites for hydroxylation is 1. The Morgan fingerprint density at radius 1 is 1.19 bits per heavy atom. The molecule has 0 fully saturated rings. The van der Waals surface area contributed by atoms with Gasteiger partial charge in [-0.15, -0.1) is 0 Å². The van der Waals surface area contributed by atoms with E-state index in [0.29, 0.717) is 29.1 Å². The summed E-state index contributed by atoms with van der Waals surface area (Å²) >= 11 is 0. The number of rotatable bonds is 7. The maximum absolute atomic E-state index is 13.0. The number of nitrogens with zero attached hydrogens (tertiary/aromatic N) is 1. The molecular formula is C20H26N2O4. The van der Waals surface area contributed by atoms with E-state index in [9.17, 15) is 9.59 Å². The molecule has 6 nitrogen and oxygen atoms in total. The quantitative estimate of drug-likeness (QED) is 0.608. The first-order valence-corrected chi connectivity index (χ1v) is 8.45. The van der Waals surface area contributed by atoms with E-state index >= 15 is 0 Å². The van der Waals surface area contributed by atoms with Crippen molar-refractivity contribution < 1.29 is 19.1 Å². The zero-order chi connectivity index (χ0) is 19.4. The number of esters is 1. The van der Waals surface area contributed by atoms with Crippen LogP contribution in [0.1, 0.15) is 44.6 Å². The standard InChI is InChI=1S/C20H26N2O4/c1-12-17(20(24)26-6)13(2)21-18(12)19(23)14(3)22(4)11-15-9-7-8-10-16(15)25-5/h7-10,14,21H,11H2,1-6H3. The van der Waals surface area contributed by atoms with Crippen LogP contribution in [-0.4, -0.2) is 48.9 Å². The number of hydrogen-bond donors (Lipinski definition) is 1. The molecule has 1 N–H and O–H groups in total. The zero-order valence-corrected chi connectivity index (χ0v) is 16.2. The number of aromatic amines is 1. The second-order valence-electron chi connectivity index (χ2n) is 6.38. The van der Waals surface area contributed by atoms with E-state index in [-0.39, 0.29) is 11.8 Å². The van der Waals surface area contributed by atoms with Crippen LogP contribution < -0.4 is 4.74 Å². The summed E-state index contributed by atoms with van der Waals surface area (Å²) in [6.45, 7) is 5.94. The van der Waals surface area contributed by atoms with Crippen molar-refractivity contribution >= 4 is 11.8 Å². The molecule has 0 aliphatic rings. The second kappa shape index (κ2) is 8.19. The van der Waals surface area contributed by atoms with Crippen LogP contribution in [0.5, 0.6) is 5.75 Å². The Balaban J connectivity index is 2.23. The Morgan fingerprint density at radius 3 is 2.46 bits per heavy atom. The number of para-hydroxylation sites is 1. The molecule has 0 bridgehead atoms. The smallest absolute Gasteiger partial charge is 0.339 e. The van der Waals surface area contributed by atoms with Gasteiger partial charge in [-0.3, -0.25) is 9.69 Å². The highest BCUT2D eigenvalue weighted by molar-refractivity contribution is 6.03. The van der Waals surface area contributed by atoms with Crippen LogP contribution in [0.4, 0.5) is 0 Å². The molecule has 0 saturated heterocycles. The van der Waals surface area contributed by atoms with Crippen LogP contribution >= 0.6 is 0 Å². The van der Waals surface area contributed by atoms with Crippen molar-refractivity contribution in [3.05, 3.63) is 52.3 Å². The fourth-order valence-electron chi connectivity index (χ4n) is 3.05. The van der Waals surface area contributed by atoms with Crippen molar-refractivity contribution in [3.8, 4) is 5.75 Å². The number of aromatic nitrogens is 1. The van der Waals surface area contributed by atoms with Gasteiger partial charge in [-0.25, -0.2) is 4.79 Å². The molecule has 1 heterocycles. The Labute approximate surface area is 154 Å². The topological polar surface area (TPSA) is 71.6 Å². The molecule has 1 unspecified atom stereocenters. The van der Waals surface area contributed by atoms with Crippen molar-refractivity contribution in [3.63, 3.8) is 0 Å². The Morgan fingerprint density at radius 2 is 1.85 bits per heavy atom. The van der Waals surface area contributed by atoms with E-state index in [1.165, 1.54) is 7.11 Å². The van der Waals surface area contributed by atoms with Crippen LogP contribution in [0.15, 0.2) is 24.3 Å². The zero-order valence-electron chi connectivity index (χ0n) is 16.2. The minimum Gasteiger partial charge on any atom is -0.496 e. The van der Waals surface area contributed by atoms with Gasteiger partial charge in [0.15, 0.2) is 5.78 Å². The molecule has 0 spiro atoms. The molecule has 26 heavy (non-hydrogen) atoms. The third-order valence-electron chi connectivity index (χ3n) is 4.73. The van der Waals surface area contributed by atoms with Gasteiger partial charge >= 0.3 is 5.97 Å². The van der Waals surface area contributed by atoms with Gasteiger partial charge in [0.2, 0.25) is 0 Å². The summed E-state index contributed by atoms with van der Waals surface area (Å²) in [5, 5.41) is 0. The number of benzene rings is 1. The largest absolute Gasteiger partial charge is 0.496 e. The van der Waals surface area contributed by atoms with E-state index in [0.717, 1.165) is 11.3 Å². The first-order valence-electron chi connectivity index (χ1n) is 8.45. The first-order chi connectivity index (χ1) is 12.3. The van der Waals surface area contributed by atoms with E-state index in [1.807, 2.05) is 43.1 Å². The maximum Gasteiger partial charge on any atom is 0.339 e. The molecule has 1 aromatic carbocycles. The van der Waals surface area contributed by atoms with Crippen molar-refractivity contribution in [2.24, 2.45) is 0 Å². The van der Waals surface area contributed by atoms with Crippen molar-refractivity contribution in [2.75, 3.05) is 21.3 Å². The van der Waals surface area contributed by atoms with E-state index < -0.39 is 5.97 Å². The molecule has 0 saturated carbocycles. The van der Waals surface area contributed by atoms with Gasteiger partial charge in [-0.1, -0.05) is 18.2 Å². The summed E-state index contributed by atoms with van der Waals surface area (Å²) in [7, 11) is 4.85. The SMILES string of the molecule is COC(=O)c1c(C)[nH]c(C(=O)C(C)N(C)Cc2ccccc2OC)c1C. The number of ether oxygens (including phenoxy) is 2. The van der Waals surface area contributed by atoms with Gasteiger partial charge in [0, 0.05) is 17.8 Å². The molecule has 0 amide bonds. The number of hydrogen-bond acceptors (Lipinski definition) is 5. The number of ketones is 1. The summed E-state index contributed by atoms with van der Waals surface area (Å²) in [6.07, 6.45) is 0. The molecular weight excluding hydrogens is 332 g/mol. The lowest BCUT2D eigenvalue weighted by Crippen LogP contribution is -2.36. The average Bonchev–Trinajstić information content (AvgIpc) is 2.94. The van der Waals surface area contributed by atoms with Gasteiger partial charge in [0.05, 0.1) is 31.5 Å². The monoisotopic (exact) mass is 358 g/mol. The highest BCUT2D eigenvalue weighted by Gasteiger charge is 2.27. The summed E-state index contributed by atoms with van der Waals surface area (Å²) < 4.78 is 10.2. The number of carbonyl (C=O) groups excluding carboxylic acids is 2. The van der Waals surface area contributed by atoms with Gasteiger partial charge in [-0.2, -0.15) is 0 Å². The number of Topliss-reactive ketones (excluding diaryl/α,β-unsaturated/α-hetero) is 1. The number of nitrogens with one attached hydrogen (secondary N) is 1. The van der Waals surface area contributed by atoms with Gasteiger partial charge < -0.3 is 14.5 Å². The van der Waals surface area contributed by atoms with Crippen molar-refractivity contribution in [1.29, 1.82) is 0 Å². The Bertz CT molecular complexity index is 810. The third kappa shape index (κ3) is 3.80. The molecule has 0 aliphatic carbocycles. The maximum atomic E-state index is 13.0. The molecule has 0 aliphatic heterocycles. The average molecular weight is 358 g/mol.